The normalized spacial score (nSPS) is 23.0. The van der Waals surface area contributed by atoms with Crippen molar-refractivity contribution in [3.8, 4) is 0 Å². The number of nitrogens with one attached hydrogen (secondary N) is 1. The number of anilines is 2. The van der Waals surface area contributed by atoms with Crippen LogP contribution in [-0.2, 0) is 4.79 Å². The summed E-state index contributed by atoms with van der Waals surface area (Å²) in [6, 6.07) is 7.05. The molecule has 1 aliphatic heterocycles. The molecule has 2 saturated carbocycles. The van der Waals surface area contributed by atoms with Gasteiger partial charge in [0.2, 0.25) is 5.91 Å². The zero-order valence-electron chi connectivity index (χ0n) is 16.8. The molecule has 2 aromatic heterocycles. The highest BCUT2D eigenvalue weighted by Crippen LogP contribution is 2.66. The van der Waals surface area contributed by atoms with Crippen LogP contribution in [0.15, 0.2) is 30.5 Å². The van der Waals surface area contributed by atoms with Gasteiger partial charge in [-0.3, -0.25) is 9.78 Å². The van der Waals surface area contributed by atoms with Crippen LogP contribution in [0.4, 0.5) is 15.9 Å². The molecule has 0 unspecified atom stereocenters. The Morgan fingerprint density at radius 3 is 2.66 bits per heavy atom. The summed E-state index contributed by atoms with van der Waals surface area (Å²) in [5, 5.41) is 3.24. The Hall–Kier alpha value is -2.50. The Labute approximate surface area is 170 Å². The molecular weight excluding hydrogens is 367 g/mol. The number of aryl methyl sites for hydroxylation is 1. The fourth-order valence-corrected chi connectivity index (χ4v) is 5.07. The summed E-state index contributed by atoms with van der Waals surface area (Å²) in [4.78, 5) is 23.7. The van der Waals surface area contributed by atoms with Gasteiger partial charge in [0.15, 0.2) is 0 Å². The largest absolute Gasteiger partial charge is 0.342 e. The first-order chi connectivity index (χ1) is 14.0. The van der Waals surface area contributed by atoms with Crippen molar-refractivity contribution in [2.24, 2.45) is 11.3 Å². The number of rotatable bonds is 4. The van der Waals surface area contributed by atoms with Crippen molar-refractivity contribution in [1.82, 2.24) is 14.9 Å². The van der Waals surface area contributed by atoms with Crippen LogP contribution in [0.1, 0.15) is 55.8 Å². The monoisotopic (exact) mass is 394 g/mol. The van der Waals surface area contributed by atoms with Crippen molar-refractivity contribution in [1.29, 1.82) is 0 Å². The minimum atomic E-state index is -0.349. The van der Waals surface area contributed by atoms with E-state index in [1.54, 1.807) is 6.07 Å². The first-order valence-corrected chi connectivity index (χ1v) is 10.7. The summed E-state index contributed by atoms with van der Waals surface area (Å²) in [5.41, 5.74) is 3.31. The van der Waals surface area contributed by atoms with Crippen molar-refractivity contribution in [2.45, 2.75) is 51.4 Å². The predicted octanol–water partition coefficient (Wildman–Crippen LogP) is 4.56. The van der Waals surface area contributed by atoms with Gasteiger partial charge in [-0.05, 0) is 68.7 Å². The smallest absolute Gasteiger partial charge is 0.226 e. The average Bonchev–Trinajstić information content (AvgIpc) is 3.46. The van der Waals surface area contributed by atoms with Gasteiger partial charge in [-0.2, -0.15) is 0 Å². The number of likely N-dealkylation sites (tertiary alicyclic amines) is 1. The van der Waals surface area contributed by atoms with Crippen LogP contribution in [0, 0.1) is 24.1 Å². The number of nitrogens with zero attached hydrogens (tertiary/aromatic N) is 3. The van der Waals surface area contributed by atoms with E-state index in [0.29, 0.717) is 29.0 Å². The van der Waals surface area contributed by atoms with E-state index in [9.17, 15) is 9.18 Å². The number of aromatic nitrogens is 2. The van der Waals surface area contributed by atoms with E-state index in [0.717, 1.165) is 49.4 Å². The van der Waals surface area contributed by atoms with E-state index in [-0.39, 0.29) is 5.82 Å². The Morgan fingerprint density at radius 1 is 1.24 bits per heavy atom. The maximum absolute atomic E-state index is 13.1. The topological polar surface area (TPSA) is 58.1 Å². The number of hydrogen-bond donors (Lipinski definition) is 1. The van der Waals surface area contributed by atoms with Crippen molar-refractivity contribution >= 4 is 17.4 Å². The Morgan fingerprint density at radius 2 is 2.03 bits per heavy atom. The van der Waals surface area contributed by atoms with Crippen LogP contribution in [0.5, 0.6) is 0 Å². The lowest BCUT2D eigenvalue weighted by Crippen LogP contribution is -2.40. The van der Waals surface area contributed by atoms with Gasteiger partial charge in [0.1, 0.15) is 11.6 Å². The third-order valence-corrected chi connectivity index (χ3v) is 7.04. The van der Waals surface area contributed by atoms with Gasteiger partial charge in [0, 0.05) is 42.0 Å². The number of piperidine rings is 1. The molecule has 2 aromatic rings. The minimum Gasteiger partial charge on any atom is -0.342 e. The van der Waals surface area contributed by atoms with Crippen molar-refractivity contribution in [3.63, 3.8) is 0 Å². The fourth-order valence-electron chi connectivity index (χ4n) is 5.07. The molecule has 0 radical (unpaired) electrons. The van der Waals surface area contributed by atoms with Crippen molar-refractivity contribution in [2.75, 3.05) is 18.4 Å². The van der Waals surface area contributed by atoms with Crippen LogP contribution in [0.3, 0.4) is 0 Å². The molecule has 0 aromatic carbocycles. The van der Waals surface area contributed by atoms with Gasteiger partial charge in [0.25, 0.3) is 0 Å². The zero-order valence-corrected chi connectivity index (χ0v) is 16.8. The SMILES string of the molecule is Cc1cc(Nc2ccc(F)cn2)cc(C2CCN(C(=O)[C@@H]3CC34CCC4)CC2)n1. The standard InChI is InChI=1S/C23H27FN4O/c1-15-11-18(27-21-4-3-17(24)14-25-21)12-20(26-15)16-5-9-28(10-6-16)22(29)19-13-23(19)7-2-8-23/h3-4,11-12,14,16,19H,2,5-10,13H2,1H3,(H,25,26,27)/t19-/m0/s1. The van der Waals surface area contributed by atoms with Crippen LogP contribution in [-0.4, -0.2) is 33.9 Å². The third kappa shape index (κ3) is 3.61. The Bertz CT molecular complexity index is 917. The fraction of sp³-hybridized carbons (Fsp3) is 0.522. The molecule has 3 heterocycles. The summed E-state index contributed by atoms with van der Waals surface area (Å²) in [6.45, 7) is 3.64. The Kier molecular flexibility index (Phi) is 4.52. The number of amides is 1. The lowest BCUT2D eigenvalue weighted by Gasteiger charge is -2.34. The molecule has 152 valence electrons. The number of carbonyl (C=O) groups excluding carboxylic acids is 1. The number of pyridine rings is 2. The van der Waals surface area contributed by atoms with Gasteiger partial charge in [0.05, 0.1) is 6.20 Å². The first-order valence-electron chi connectivity index (χ1n) is 10.7. The summed E-state index contributed by atoms with van der Waals surface area (Å²) in [6.07, 6.45) is 8.05. The molecule has 1 spiro atoms. The molecule has 1 saturated heterocycles. The number of carbonyl (C=O) groups is 1. The lowest BCUT2D eigenvalue weighted by molar-refractivity contribution is -0.135. The van der Waals surface area contributed by atoms with E-state index in [1.807, 2.05) is 13.0 Å². The molecule has 3 aliphatic rings. The number of halogens is 1. The summed E-state index contributed by atoms with van der Waals surface area (Å²) < 4.78 is 13.1. The van der Waals surface area contributed by atoms with Gasteiger partial charge in [-0.25, -0.2) is 9.37 Å². The number of hydrogen-bond acceptors (Lipinski definition) is 4. The molecule has 1 atom stereocenters. The van der Waals surface area contributed by atoms with E-state index < -0.39 is 0 Å². The van der Waals surface area contributed by atoms with E-state index >= 15 is 0 Å². The summed E-state index contributed by atoms with van der Waals surface area (Å²) >= 11 is 0. The highest BCUT2D eigenvalue weighted by atomic mass is 19.1. The molecule has 6 heteroatoms. The second-order valence-corrected chi connectivity index (χ2v) is 8.98. The quantitative estimate of drug-likeness (QED) is 0.826. The highest BCUT2D eigenvalue weighted by Gasteiger charge is 2.61. The predicted molar refractivity (Wildman–Crippen MR) is 109 cm³/mol. The molecule has 1 amide bonds. The first kappa shape index (κ1) is 18.5. The van der Waals surface area contributed by atoms with Gasteiger partial charge in [-0.15, -0.1) is 0 Å². The van der Waals surface area contributed by atoms with Crippen LogP contribution in [0.2, 0.25) is 0 Å². The van der Waals surface area contributed by atoms with E-state index in [2.05, 4.69) is 21.3 Å². The second kappa shape index (κ2) is 7.08. The second-order valence-electron chi connectivity index (χ2n) is 8.98. The van der Waals surface area contributed by atoms with Crippen LogP contribution in [0.25, 0.3) is 0 Å². The molecular formula is C23H27FN4O. The maximum Gasteiger partial charge on any atom is 0.226 e. The Balaban J connectivity index is 1.23. The van der Waals surface area contributed by atoms with E-state index in [1.165, 1.54) is 31.5 Å². The van der Waals surface area contributed by atoms with Gasteiger partial charge < -0.3 is 10.2 Å². The third-order valence-electron chi connectivity index (χ3n) is 7.04. The molecule has 3 fully saturated rings. The molecule has 0 bridgehead atoms. The van der Waals surface area contributed by atoms with Crippen LogP contribution >= 0.6 is 0 Å². The van der Waals surface area contributed by atoms with Crippen LogP contribution < -0.4 is 5.32 Å². The highest BCUT2D eigenvalue weighted by molar-refractivity contribution is 5.83. The molecule has 5 rings (SSSR count). The molecule has 2 aliphatic carbocycles. The molecule has 29 heavy (non-hydrogen) atoms. The lowest BCUT2D eigenvalue weighted by atomic mass is 9.79. The molecule has 1 N–H and O–H groups in total. The zero-order chi connectivity index (χ0) is 20.0. The van der Waals surface area contributed by atoms with Gasteiger partial charge in [-0.1, -0.05) is 6.42 Å². The van der Waals surface area contributed by atoms with Crippen molar-refractivity contribution < 1.29 is 9.18 Å². The van der Waals surface area contributed by atoms with E-state index in [4.69, 9.17) is 4.98 Å². The average molecular weight is 394 g/mol. The summed E-state index contributed by atoms with van der Waals surface area (Å²) in [7, 11) is 0. The summed E-state index contributed by atoms with van der Waals surface area (Å²) in [5.74, 6) is 1.32. The van der Waals surface area contributed by atoms with Crippen molar-refractivity contribution in [3.05, 3.63) is 47.7 Å². The molecule has 5 nitrogen and oxygen atoms in total. The van der Waals surface area contributed by atoms with Gasteiger partial charge >= 0.3 is 0 Å². The minimum absolute atomic E-state index is 0.309. The maximum atomic E-state index is 13.1.